The third kappa shape index (κ3) is 3.12. The number of thiazole rings is 1. The van der Waals surface area contributed by atoms with Gasteiger partial charge in [0, 0.05) is 20.6 Å². The summed E-state index contributed by atoms with van der Waals surface area (Å²) >= 11 is 1.39. The third-order valence-corrected chi connectivity index (χ3v) is 3.98. The summed E-state index contributed by atoms with van der Waals surface area (Å²) < 4.78 is 0. The van der Waals surface area contributed by atoms with Crippen molar-refractivity contribution in [3.63, 3.8) is 0 Å². The van der Waals surface area contributed by atoms with Crippen LogP contribution in [0.4, 0.5) is 5.13 Å². The molecule has 0 saturated carbocycles. The van der Waals surface area contributed by atoms with Gasteiger partial charge in [-0.05, 0) is 12.5 Å². The van der Waals surface area contributed by atoms with Gasteiger partial charge in [-0.15, -0.1) is 0 Å². The number of nitrogens with zero attached hydrogens (tertiary/aromatic N) is 2. The summed E-state index contributed by atoms with van der Waals surface area (Å²) in [4.78, 5) is 19.1. The first-order valence-electron chi connectivity index (χ1n) is 6.06. The molecule has 2 rings (SSSR count). The Morgan fingerprint density at radius 1 is 1.37 bits per heavy atom. The average Bonchev–Trinajstić information content (AvgIpc) is 2.80. The molecule has 0 atom stereocenters. The molecule has 1 aromatic carbocycles. The van der Waals surface area contributed by atoms with E-state index in [4.69, 9.17) is 0 Å². The van der Waals surface area contributed by atoms with Crippen LogP contribution in [0.2, 0.25) is 0 Å². The molecule has 100 valence electrons. The maximum atomic E-state index is 12.4. The van der Waals surface area contributed by atoms with Gasteiger partial charge in [0.1, 0.15) is 4.88 Å². The molecule has 0 aliphatic rings. The van der Waals surface area contributed by atoms with E-state index in [0.29, 0.717) is 11.4 Å². The molecule has 0 saturated heterocycles. The van der Waals surface area contributed by atoms with E-state index < -0.39 is 0 Å². The van der Waals surface area contributed by atoms with E-state index in [0.717, 1.165) is 16.4 Å². The second kappa shape index (κ2) is 5.84. The van der Waals surface area contributed by atoms with Crippen LogP contribution in [0.5, 0.6) is 0 Å². The van der Waals surface area contributed by atoms with Crippen molar-refractivity contribution < 1.29 is 4.79 Å². The van der Waals surface area contributed by atoms with Crippen LogP contribution in [-0.2, 0) is 6.54 Å². The van der Waals surface area contributed by atoms with Crippen molar-refractivity contribution >= 4 is 22.4 Å². The highest BCUT2D eigenvalue weighted by atomic mass is 32.1. The molecule has 0 unspecified atom stereocenters. The largest absolute Gasteiger partial charge is 0.365 e. The van der Waals surface area contributed by atoms with Gasteiger partial charge in [-0.1, -0.05) is 41.7 Å². The van der Waals surface area contributed by atoms with Crippen LogP contribution < -0.4 is 5.32 Å². The van der Waals surface area contributed by atoms with E-state index in [1.807, 2.05) is 44.3 Å². The van der Waals surface area contributed by atoms with Crippen molar-refractivity contribution in [1.29, 1.82) is 0 Å². The Bertz CT molecular complexity index is 565. The minimum Gasteiger partial charge on any atom is -0.365 e. The molecule has 2 aromatic rings. The van der Waals surface area contributed by atoms with E-state index in [-0.39, 0.29) is 5.91 Å². The van der Waals surface area contributed by atoms with Crippen molar-refractivity contribution in [1.82, 2.24) is 9.88 Å². The SMILES string of the molecule is CNc1nc(C)c(C(=O)N(C)Cc2ccccc2)s1. The molecular weight excluding hydrogens is 258 g/mol. The monoisotopic (exact) mass is 275 g/mol. The number of rotatable bonds is 4. The first-order valence-corrected chi connectivity index (χ1v) is 6.88. The average molecular weight is 275 g/mol. The summed E-state index contributed by atoms with van der Waals surface area (Å²) in [7, 11) is 3.62. The number of hydrogen-bond donors (Lipinski definition) is 1. The molecule has 5 heteroatoms. The minimum atomic E-state index is 0.0142. The molecule has 19 heavy (non-hydrogen) atoms. The highest BCUT2D eigenvalue weighted by Crippen LogP contribution is 2.23. The molecule has 1 N–H and O–H groups in total. The van der Waals surface area contributed by atoms with Gasteiger partial charge in [0.15, 0.2) is 5.13 Å². The van der Waals surface area contributed by atoms with Gasteiger partial charge in [-0.3, -0.25) is 4.79 Å². The van der Waals surface area contributed by atoms with E-state index in [1.54, 1.807) is 11.9 Å². The lowest BCUT2D eigenvalue weighted by molar-refractivity contribution is 0.0789. The number of aromatic nitrogens is 1. The predicted molar refractivity (Wildman–Crippen MR) is 78.6 cm³/mol. The maximum absolute atomic E-state index is 12.4. The second-order valence-corrected chi connectivity index (χ2v) is 5.33. The highest BCUT2D eigenvalue weighted by molar-refractivity contribution is 7.17. The van der Waals surface area contributed by atoms with Gasteiger partial charge in [0.2, 0.25) is 0 Å². The molecule has 0 bridgehead atoms. The standard InChI is InChI=1S/C14H17N3OS/c1-10-12(19-14(15-2)16-10)13(18)17(3)9-11-7-5-4-6-8-11/h4-8H,9H2,1-3H3,(H,15,16). The zero-order valence-corrected chi connectivity index (χ0v) is 12.1. The van der Waals surface area contributed by atoms with Crippen molar-refractivity contribution in [2.24, 2.45) is 0 Å². The summed E-state index contributed by atoms with van der Waals surface area (Å²) in [6.45, 7) is 2.47. The van der Waals surface area contributed by atoms with Crippen LogP contribution >= 0.6 is 11.3 Å². The van der Waals surface area contributed by atoms with Crippen LogP contribution in [0, 0.1) is 6.92 Å². The zero-order chi connectivity index (χ0) is 13.8. The van der Waals surface area contributed by atoms with Gasteiger partial charge in [0.25, 0.3) is 5.91 Å². The first kappa shape index (κ1) is 13.5. The van der Waals surface area contributed by atoms with E-state index in [1.165, 1.54) is 11.3 Å². The van der Waals surface area contributed by atoms with E-state index in [9.17, 15) is 4.79 Å². The van der Waals surface area contributed by atoms with Crippen molar-refractivity contribution in [2.75, 3.05) is 19.4 Å². The smallest absolute Gasteiger partial charge is 0.265 e. The molecule has 1 amide bonds. The fraction of sp³-hybridized carbons (Fsp3) is 0.286. The van der Waals surface area contributed by atoms with Gasteiger partial charge >= 0.3 is 0 Å². The Hall–Kier alpha value is -1.88. The van der Waals surface area contributed by atoms with Gasteiger partial charge in [-0.25, -0.2) is 4.98 Å². The summed E-state index contributed by atoms with van der Waals surface area (Å²) in [5.41, 5.74) is 1.90. The number of benzene rings is 1. The molecule has 0 spiro atoms. The van der Waals surface area contributed by atoms with Crippen LogP contribution in [0.15, 0.2) is 30.3 Å². The fourth-order valence-corrected chi connectivity index (χ4v) is 2.72. The number of nitrogens with one attached hydrogen (secondary N) is 1. The zero-order valence-electron chi connectivity index (χ0n) is 11.3. The van der Waals surface area contributed by atoms with Crippen LogP contribution in [0.1, 0.15) is 20.9 Å². The molecular formula is C14H17N3OS. The molecule has 0 aliphatic carbocycles. The topological polar surface area (TPSA) is 45.2 Å². The Morgan fingerprint density at radius 3 is 2.63 bits per heavy atom. The molecule has 0 radical (unpaired) electrons. The number of anilines is 1. The van der Waals surface area contributed by atoms with Gasteiger partial charge in [0.05, 0.1) is 5.69 Å². The Labute approximate surface area is 117 Å². The lowest BCUT2D eigenvalue weighted by atomic mass is 10.2. The lowest BCUT2D eigenvalue weighted by Gasteiger charge is -2.16. The quantitative estimate of drug-likeness (QED) is 0.933. The van der Waals surface area contributed by atoms with Gasteiger partial charge < -0.3 is 10.2 Å². The van der Waals surface area contributed by atoms with Crippen molar-refractivity contribution in [2.45, 2.75) is 13.5 Å². The normalized spacial score (nSPS) is 10.3. The minimum absolute atomic E-state index is 0.0142. The second-order valence-electron chi connectivity index (χ2n) is 4.33. The van der Waals surface area contributed by atoms with Crippen molar-refractivity contribution in [3.05, 3.63) is 46.5 Å². The Kier molecular flexibility index (Phi) is 4.16. The molecule has 0 fully saturated rings. The molecule has 1 aromatic heterocycles. The van der Waals surface area contributed by atoms with Crippen LogP contribution in [-0.4, -0.2) is 29.9 Å². The summed E-state index contributed by atoms with van der Waals surface area (Å²) in [5.74, 6) is 0.0142. The van der Waals surface area contributed by atoms with Crippen LogP contribution in [0.3, 0.4) is 0 Å². The molecule has 4 nitrogen and oxygen atoms in total. The molecule has 1 heterocycles. The van der Waals surface area contributed by atoms with E-state index >= 15 is 0 Å². The highest BCUT2D eigenvalue weighted by Gasteiger charge is 2.18. The number of aryl methyl sites for hydroxylation is 1. The molecule has 0 aliphatic heterocycles. The van der Waals surface area contributed by atoms with Gasteiger partial charge in [-0.2, -0.15) is 0 Å². The number of carbonyl (C=O) groups is 1. The summed E-state index contributed by atoms with van der Waals surface area (Å²) in [5, 5.41) is 3.74. The third-order valence-electron chi connectivity index (χ3n) is 2.81. The Morgan fingerprint density at radius 2 is 2.05 bits per heavy atom. The fourth-order valence-electron chi connectivity index (χ4n) is 1.80. The predicted octanol–water partition coefficient (Wildman–Crippen LogP) is 2.77. The number of amides is 1. The Balaban J connectivity index is 2.12. The summed E-state index contributed by atoms with van der Waals surface area (Å²) in [6.07, 6.45) is 0. The van der Waals surface area contributed by atoms with E-state index in [2.05, 4.69) is 10.3 Å². The first-order chi connectivity index (χ1) is 9.11. The summed E-state index contributed by atoms with van der Waals surface area (Å²) in [6, 6.07) is 9.96. The maximum Gasteiger partial charge on any atom is 0.265 e. The number of carbonyl (C=O) groups excluding carboxylic acids is 1. The van der Waals surface area contributed by atoms with Crippen LogP contribution in [0.25, 0.3) is 0 Å². The number of hydrogen-bond acceptors (Lipinski definition) is 4. The lowest BCUT2D eigenvalue weighted by Crippen LogP contribution is -2.26. The van der Waals surface area contributed by atoms with Crippen molar-refractivity contribution in [3.8, 4) is 0 Å².